The monoisotopic (exact) mass is 1630 g/mol. The molecule has 9 aromatic rings. The van der Waals surface area contributed by atoms with Gasteiger partial charge in [0.1, 0.15) is 24.2 Å². The van der Waals surface area contributed by atoms with Gasteiger partial charge < -0.3 is 65.4 Å². The maximum atomic E-state index is 13.2. The summed E-state index contributed by atoms with van der Waals surface area (Å²) in [4.78, 5) is 94.9. The number of aliphatic hydroxyl groups is 2. The number of amides is 3. The summed E-state index contributed by atoms with van der Waals surface area (Å²) >= 11 is 0. The van der Waals surface area contributed by atoms with E-state index in [9.17, 15) is 47.9 Å². The molecule has 8 N–H and O–H groups in total. The molecular weight excluding hydrogens is 1520 g/mol. The number of nitrogens with zero attached hydrogens (tertiary/aromatic N) is 1. The zero-order valence-corrected chi connectivity index (χ0v) is 69.3. The van der Waals surface area contributed by atoms with E-state index in [0.717, 1.165) is 65.3 Å². The quantitative estimate of drug-likeness (QED) is 0.0196. The third kappa shape index (κ3) is 31.7. The van der Waals surface area contributed by atoms with E-state index in [2.05, 4.69) is 77.7 Å². The number of benzene rings is 9. The Bertz CT molecular complexity index is 4780. The second kappa shape index (κ2) is 48.1. The molecular formula is C98H111FN4O17. The van der Waals surface area contributed by atoms with Crippen LogP contribution in [0.15, 0.2) is 243 Å². The van der Waals surface area contributed by atoms with Gasteiger partial charge in [-0.1, -0.05) is 222 Å². The van der Waals surface area contributed by atoms with Crippen molar-refractivity contribution in [2.24, 2.45) is 29.4 Å². The fourth-order valence-corrected chi connectivity index (χ4v) is 13.3. The van der Waals surface area contributed by atoms with Crippen LogP contribution in [0.4, 0.5) is 4.39 Å². The number of hydrogen-bond donors (Lipinski definition) is 7. The normalized spacial score (nSPS) is 18.7. The predicted molar refractivity (Wildman–Crippen MR) is 460 cm³/mol. The largest absolute Gasteiger partial charge is 0.497 e. The molecule has 632 valence electrons. The highest BCUT2D eigenvalue weighted by Gasteiger charge is 2.46. The average molecular weight is 1640 g/mol. The fourth-order valence-electron chi connectivity index (χ4n) is 13.3. The minimum absolute atomic E-state index is 0.00398. The smallest absolute Gasteiger partial charge is 0.330 e. The molecule has 1 saturated heterocycles. The van der Waals surface area contributed by atoms with Crippen molar-refractivity contribution >= 4 is 59.5 Å². The summed E-state index contributed by atoms with van der Waals surface area (Å²) in [6.45, 7) is 11.5. The molecule has 0 aromatic heterocycles. The Labute approximate surface area is 702 Å². The predicted octanol–water partition coefficient (Wildman–Crippen LogP) is 14.9. The van der Waals surface area contributed by atoms with Crippen LogP contribution in [0, 0.1) is 64.1 Å². The van der Waals surface area contributed by atoms with E-state index in [1.807, 2.05) is 178 Å². The molecule has 120 heavy (non-hydrogen) atoms. The fraction of sp³-hybridized carbons (Fsp3) is 0.327. The molecule has 4 aliphatic carbocycles. The van der Waals surface area contributed by atoms with Crippen LogP contribution in [-0.4, -0.2) is 153 Å². The molecule has 0 radical (unpaired) electrons. The van der Waals surface area contributed by atoms with Crippen molar-refractivity contribution in [1.82, 2.24) is 15.5 Å². The van der Waals surface area contributed by atoms with Gasteiger partial charge in [-0.2, -0.15) is 0 Å². The van der Waals surface area contributed by atoms with Gasteiger partial charge in [0.05, 0.1) is 78.3 Å². The molecule has 1 heterocycles. The third-order valence-electron chi connectivity index (χ3n) is 20.9. The van der Waals surface area contributed by atoms with Crippen molar-refractivity contribution in [3.05, 3.63) is 326 Å². The summed E-state index contributed by atoms with van der Waals surface area (Å²) < 4.78 is 38.5. The lowest BCUT2D eigenvalue weighted by Crippen LogP contribution is -2.53. The zero-order chi connectivity index (χ0) is 86.6. The third-order valence-corrected chi connectivity index (χ3v) is 20.9. The Balaban J connectivity index is 0.000000184. The average Bonchev–Trinajstić information content (AvgIpc) is 1.63. The Morgan fingerprint density at radius 1 is 0.517 bits per heavy atom. The number of carboxylic acid groups (broad SMARTS) is 2. The molecule has 3 amide bonds. The molecule has 5 aliphatic rings. The molecule has 11 atom stereocenters. The maximum Gasteiger partial charge on any atom is 0.330 e. The number of ether oxygens (including phenoxy) is 5. The van der Waals surface area contributed by atoms with Gasteiger partial charge in [0.25, 0.3) is 5.91 Å². The summed E-state index contributed by atoms with van der Waals surface area (Å²) in [7, 11) is 4.44. The van der Waals surface area contributed by atoms with Gasteiger partial charge in [-0.3, -0.25) is 28.8 Å². The lowest BCUT2D eigenvalue weighted by atomic mass is 10.1. The van der Waals surface area contributed by atoms with Gasteiger partial charge in [-0.15, -0.1) is 0 Å². The second-order valence-electron chi connectivity index (χ2n) is 30.2. The summed E-state index contributed by atoms with van der Waals surface area (Å²) in [6.07, 6.45) is 9.82. The van der Waals surface area contributed by atoms with Gasteiger partial charge in [0.2, 0.25) is 11.8 Å². The van der Waals surface area contributed by atoms with Crippen LogP contribution >= 0.6 is 0 Å². The van der Waals surface area contributed by atoms with Crippen molar-refractivity contribution < 1.29 is 86.9 Å². The van der Waals surface area contributed by atoms with Crippen molar-refractivity contribution in [2.75, 3.05) is 74.1 Å². The highest BCUT2D eigenvalue weighted by Crippen LogP contribution is 2.51. The van der Waals surface area contributed by atoms with Crippen molar-refractivity contribution in [1.29, 1.82) is 0 Å². The SMILES string of the molecule is COC(=O)/C=C/c1ccc(C)cc1.COC(=O)C1CC1c1ccc(C)cc1.COc1ccc([C@@H]2CC2CC(=O)COC[C@H](NC(=O)c2ccc(F)cc2)C(=O)N2CCOCC2)cc1.Cc1ccc(/C=C/C(=O)O)cc1.Cc1ccc(C2CC2C(=O)O)cc1.Cc1ccc([C@@H]2C[C@H]2C(=O)N[C@@H](CO)c2ccccc2)cc1.N[C@@H](CO)c1ccccc1. The number of methoxy groups -OCH3 is 3. The number of ketones is 1. The second-order valence-corrected chi connectivity index (χ2v) is 30.2. The lowest BCUT2D eigenvalue weighted by Gasteiger charge is -2.30. The van der Waals surface area contributed by atoms with Crippen LogP contribution in [0.2, 0.25) is 0 Å². The maximum absolute atomic E-state index is 13.2. The van der Waals surface area contributed by atoms with Crippen LogP contribution in [0.3, 0.4) is 0 Å². The Kier molecular flexibility index (Phi) is 37.5. The first kappa shape index (κ1) is 93.4. The van der Waals surface area contributed by atoms with Gasteiger partial charge in [-0.05, 0) is 183 Å². The van der Waals surface area contributed by atoms with E-state index in [1.54, 1.807) is 24.2 Å². The van der Waals surface area contributed by atoms with Gasteiger partial charge >= 0.3 is 23.9 Å². The number of halogens is 1. The van der Waals surface area contributed by atoms with Crippen LogP contribution < -0.4 is 21.1 Å². The number of rotatable bonds is 26. The summed E-state index contributed by atoms with van der Waals surface area (Å²) in [5, 5.41) is 40.9. The van der Waals surface area contributed by atoms with Gasteiger partial charge in [-0.25, -0.2) is 14.0 Å². The number of esters is 2. The number of nitrogens with one attached hydrogen (secondary N) is 2. The highest BCUT2D eigenvalue weighted by atomic mass is 19.1. The van der Waals surface area contributed by atoms with Gasteiger partial charge in [0.15, 0.2) is 5.78 Å². The molecule has 4 saturated carbocycles. The minimum atomic E-state index is -0.971. The molecule has 14 rings (SSSR count). The minimum Gasteiger partial charge on any atom is -0.497 e. The topological polar surface area (TPSA) is 317 Å². The summed E-state index contributed by atoms with van der Waals surface area (Å²) in [5.41, 5.74) is 20.5. The number of morpholine rings is 1. The molecule has 5 fully saturated rings. The standard InChI is InChI=1S/C27H31FN2O6.C19H21NO2.C12H14O2.2C11H12O2.C10H10O2.C8H11NO/c1-34-23-8-4-18(5-9-23)24-15-20(24)14-22(31)16-36-17-25(27(33)30-10-12-35-13-11-30)29-26(32)19-2-6-21(28)7-3-19;1-13-7-9-14(10-8-13)16-11-17(16)19(22)20-18(12-21)15-5-3-2-4-6-15;1-8-3-5-9(6-4-8)10-7-11(10)12(13)14-2;1-7-2-4-8(5-3-7)9-6-10(9)11(12)13;1-9-3-5-10(6-4-9)7-8-11(12)13-2;1-8-2-4-9(5-3-8)6-7-10(11)12;9-8(6-10)7-4-2-1-3-5-7/h2-9,20,24-25H,10-17H2,1H3,(H,29,32);2-10,16-18,21H,11-12H2,1H3,(H,20,22);3-6,10-11H,7H2,1-2H3;2-5,9-10H,6H2,1H3,(H,12,13);3-8H,1-2H3;2-7H,1H3,(H,11,12);1-5,8,10H,6,9H2/b;;;;8-7+;7-6+;/t20?,24-,25-;16-,17+,18-;;;;;8-/m00....0/s1. The number of aliphatic hydroxyl groups excluding tert-OH is 2. The zero-order valence-electron chi connectivity index (χ0n) is 69.3. The van der Waals surface area contributed by atoms with E-state index in [1.165, 1.54) is 89.1 Å². The summed E-state index contributed by atoms with van der Waals surface area (Å²) in [6, 6.07) is 71.0. The number of carbonyl (C=O) groups excluding carboxylic acids is 6. The molecule has 5 unspecified atom stereocenters. The highest BCUT2D eigenvalue weighted by molar-refractivity contribution is 5.97. The van der Waals surface area contributed by atoms with E-state index in [0.29, 0.717) is 50.5 Å². The first-order chi connectivity index (χ1) is 57.8. The molecule has 1 aliphatic heterocycles. The van der Waals surface area contributed by atoms with E-state index >= 15 is 0 Å². The first-order valence-corrected chi connectivity index (χ1v) is 40.1. The van der Waals surface area contributed by atoms with E-state index in [-0.39, 0.29) is 103 Å². The van der Waals surface area contributed by atoms with Crippen molar-refractivity contribution in [2.45, 2.75) is 109 Å². The number of aryl methyl sites for hydroxylation is 5. The molecule has 0 bridgehead atoms. The Hall–Kier alpha value is -12.1. The molecule has 0 spiro atoms. The van der Waals surface area contributed by atoms with Gasteiger partial charge in [0, 0.05) is 43.1 Å². The Morgan fingerprint density at radius 2 is 0.967 bits per heavy atom. The number of nitrogens with two attached hydrogens (primary N) is 1. The number of carboxylic acids is 2. The van der Waals surface area contributed by atoms with Crippen LogP contribution in [0.1, 0.15) is 151 Å². The molecule has 22 heteroatoms. The number of aliphatic carboxylic acids is 2. The first-order valence-electron chi connectivity index (χ1n) is 40.1. The molecule has 9 aromatic carbocycles. The van der Waals surface area contributed by atoms with E-state index in [4.69, 9.17) is 40.0 Å². The van der Waals surface area contributed by atoms with Crippen molar-refractivity contribution in [3.63, 3.8) is 0 Å². The van der Waals surface area contributed by atoms with Crippen LogP contribution in [0.5, 0.6) is 5.75 Å². The molecule has 21 nitrogen and oxygen atoms in total. The van der Waals surface area contributed by atoms with Crippen LogP contribution in [0.25, 0.3) is 12.2 Å². The summed E-state index contributed by atoms with van der Waals surface area (Å²) in [5.74, 6) is -0.886. The number of hydrogen-bond acceptors (Lipinski definition) is 16. The van der Waals surface area contributed by atoms with Crippen LogP contribution in [-0.2, 0) is 52.5 Å². The van der Waals surface area contributed by atoms with Crippen molar-refractivity contribution in [3.8, 4) is 5.75 Å². The Morgan fingerprint density at radius 3 is 1.43 bits per heavy atom. The number of carbonyl (C=O) groups is 8. The number of Topliss-reactive ketones (excluding diaryl/α,β-unsaturated/α-hetero) is 1. The lowest BCUT2D eigenvalue weighted by molar-refractivity contribution is -0.142. The van der Waals surface area contributed by atoms with E-state index < -0.39 is 29.7 Å².